The van der Waals surface area contributed by atoms with Crippen LogP contribution in [0.15, 0.2) is 12.2 Å². The number of rotatable bonds is 1. The van der Waals surface area contributed by atoms with Gasteiger partial charge < -0.3 is 5.11 Å². The van der Waals surface area contributed by atoms with E-state index >= 15 is 0 Å². The molecule has 0 aliphatic heterocycles. The van der Waals surface area contributed by atoms with Gasteiger partial charge in [-0.05, 0) is 6.92 Å². The molecule has 0 amide bonds. The Morgan fingerprint density at radius 1 is 1.83 bits per heavy atom. The molecular formula is C4H9NaO. The molecule has 1 nitrogen and oxygen atoms in total. The van der Waals surface area contributed by atoms with Crippen LogP contribution < -0.4 is 0 Å². The van der Waals surface area contributed by atoms with E-state index in [1.807, 2.05) is 0 Å². The van der Waals surface area contributed by atoms with E-state index in [2.05, 4.69) is 6.58 Å². The van der Waals surface area contributed by atoms with Gasteiger partial charge in [-0.3, -0.25) is 0 Å². The van der Waals surface area contributed by atoms with E-state index < -0.39 is 0 Å². The maximum absolute atomic E-state index is 8.04. The zero-order valence-corrected chi connectivity index (χ0v) is 3.36. The van der Waals surface area contributed by atoms with E-state index in [9.17, 15) is 0 Å². The number of hydrogen-bond acceptors (Lipinski definition) is 1. The molecule has 0 bridgehead atoms. The van der Waals surface area contributed by atoms with E-state index in [0.717, 1.165) is 5.57 Å². The molecule has 0 unspecified atom stereocenters. The Morgan fingerprint density at radius 2 is 2.00 bits per heavy atom. The Morgan fingerprint density at radius 3 is 2.00 bits per heavy atom. The van der Waals surface area contributed by atoms with Gasteiger partial charge in [0.2, 0.25) is 0 Å². The molecule has 2 heteroatoms. The predicted octanol–water partition coefficient (Wildman–Crippen LogP) is -0.0937. The fourth-order valence-electron chi connectivity index (χ4n) is 0. The van der Waals surface area contributed by atoms with Gasteiger partial charge in [0.15, 0.2) is 0 Å². The molecule has 0 fully saturated rings. The van der Waals surface area contributed by atoms with E-state index in [4.69, 9.17) is 5.11 Å². The Hall–Kier alpha value is 0.700. The average molecular weight is 96.1 g/mol. The third-order valence-corrected chi connectivity index (χ3v) is 0.270. The van der Waals surface area contributed by atoms with Crippen LogP contribution in [0.2, 0.25) is 0 Å². The predicted molar refractivity (Wildman–Crippen MR) is 29.0 cm³/mol. The van der Waals surface area contributed by atoms with E-state index in [1.165, 1.54) is 0 Å². The monoisotopic (exact) mass is 96.1 g/mol. The summed E-state index contributed by atoms with van der Waals surface area (Å²) in [5.41, 5.74) is 0.810. The summed E-state index contributed by atoms with van der Waals surface area (Å²) in [6.07, 6.45) is 0. The summed E-state index contributed by atoms with van der Waals surface area (Å²) in [5, 5.41) is 8.04. The van der Waals surface area contributed by atoms with Crippen LogP contribution in [0.25, 0.3) is 0 Å². The van der Waals surface area contributed by atoms with Crippen LogP contribution >= 0.6 is 0 Å². The Kier molecular flexibility index (Phi) is 9.36. The molecule has 0 atom stereocenters. The minimum atomic E-state index is 0. The molecule has 0 aromatic rings. The molecular weight excluding hydrogens is 87.0 g/mol. The summed E-state index contributed by atoms with van der Waals surface area (Å²) in [6.45, 7) is 5.31. The van der Waals surface area contributed by atoms with Crippen LogP contribution in [-0.2, 0) is 0 Å². The molecule has 0 radical (unpaired) electrons. The summed E-state index contributed by atoms with van der Waals surface area (Å²) in [5.74, 6) is 0. The molecule has 0 spiro atoms. The van der Waals surface area contributed by atoms with Crippen molar-refractivity contribution in [1.82, 2.24) is 0 Å². The van der Waals surface area contributed by atoms with Crippen molar-refractivity contribution < 1.29 is 5.11 Å². The summed E-state index contributed by atoms with van der Waals surface area (Å²) in [4.78, 5) is 0. The second kappa shape index (κ2) is 5.70. The van der Waals surface area contributed by atoms with Crippen LogP contribution in [0, 0.1) is 0 Å². The first kappa shape index (κ1) is 9.85. The first-order chi connectivity index (χ1) is 2.27. The molecule has 1 N–H and O–H groups in total. The van der Waals surface area contributed by atoms with Crippen molar-refractivity contribution in [2.45, 2.75) is 6.92 Å². The van der Waals surface area contributed by atoms with E-state index in [0.29, 0.717) is 0 Å². The number of aliphatic hydroxyl groups is 1. The Bertz CT molecular complexity index is 42.8. The second-order valence-electron chi connectivity index (χ2n) is 1.12. The van der Waals surface area contributed by atoms with E-state index in [1.54, 1.807) is 6.92 Å². The van der Waals surface area contributed by atoms with Crippen LogP contribution in [0.4, 0.5) is 0 Å². The molecule has 0 heterocycles. The SMILES string of the molecule is C=C(C)CO.[NaH]. The number of hydrogen-bond donors (Lipinski definition) is 1. The molecule has 0 aromatic heterocycles. The zero-order chi connectivity index (χ0) is 4.28. The molecule has 6 heavy (non-hydrogen) atoms. The molecule has 0 saturated carbocycles. The van der Waals surface area contributed by atoms with Gasteiger partial charge >= 0.3 is 29.6 Å². The third kappa shape index (κ3) is 8.83. The molecule has 0 aromatic carbocycles. The topological polar surface area (TPSA) is 20.2 Å². The summed E-state index contributed by atoms with van der Waals surface area (Å²) >= 11 is 0. The van der Waals surface area contributed by atoms with Crippen molar-refractivity contribution in [3.05, 3.63) is 12.2 Å². The fourth-order valence-corrected chi connectivity index (χ4v) is 0. The van der Waals surface area contributed by atoms with Crippen molar-refractivity contribution in [3.8, 4) is 0 Å². The normalized spacial score (nSPS) is 6.33. The molecule has 0 rings (SSSR count). The van der Waals surface area contributed by atoms with Crippen molar-refractivity contribution in [2.24, 2.45) is 0 Å². The molecule has 0 saturated heterocycles. The summed E-state index contributed by atoms with van der Waals surface area (Å²) < 4.78 is 0. The minimum absolute atomic E-state index is 0. The van der Waals surface area contributed by atoms with Crippen molar-refractivity contribution in [3.63, 3.8) is 0 Å². The molecule has 32 valence electrons. The van der Waals surface area contributed by atoms with Gasteiger partial charge in [0, 0.05) is 0 Å². The van der Waals surface area contributed by atoms with Crippen LogP contribution in [0.1, 0.15) is 6.92 Å². The Labute approximate surface area is 60.4 Å². The standard InChI is InChI=1S/C4H8O.Na.H/c1-4(2)3-5;;/h5H,1,3H2,2H3;;. The molecule has 0 aliphatic rings. The van der Waals surface area contributed by atoms with Gasteiger partial charge in [0.25, 0.3) is 0 Å². The maximum atomic E-state index is 8.04. The van der Waals surface area contributed by atoms with Crippen molar-refractivity contribution in [2.75, 3.05) is 6.61 Å². The van der Waals surface area contributed by atoms with E-state index in [-0.39, 0.29) is 36.2 Å². The zero-order valence-electron chi connectivity index (χ0n) is 3.36. The summed E-state index contributed by atoms with van der Waals surface area (Å²) in [6, 6.07) is 0. The van der Waals surface area contributed by atoms with Gasteiger partial charge in [-0.2, -0.15) is 0 Å². The fraction of sp³-hybridized carbons (Fsp3) is 0.500. The Balaban J connectivity index is 0. The average Bonchev–Trinajstić information content (AvgIpc) is 1.38. The van der Waals surface area contributed by atoms with Gasteiger partial charge in [-0.15, -0.1) is 0 Å². The van der Waals surface area contributed by atoms with Crippen LogP contribution in [0.3, 0.4) is 0 Å². The molecule has 0 aliphatic carbocycles. The van der Waals surface area contributed by atoms with Gasteiger partial charge in [0.1, 0.15) is 0 Å². The van der Waals surface area contributed by atoms with Crippen LogP contribution in [0.5, 0.6) is 0 Å². The van der Waals surface area contributed by atoms with Crippen LogP contribution in [-0.4, -0.2) is 41.3 Å². The van der Waals surface area contributed by atoms with Gasteiger partial charge in [-0.25, -0.2) is 0 Å². The van der Waals surface area contributed by atoms with Gasteiger partial charge in [0.05, 0.1) is 6.61 Å². The van der Waals surface area contributed by atoms with Crippen molar-refractivity contribution in [1.29, 1.82) is 0 Å². The first-order valence-electron chi connectivity index (χ1n) is 1.52. The summed E-state index contributed by atoms with van der Waals surface area (Å²) in [7, 11) is 0. The van der Waals surface area contributed by atoms with Gasteiger partial charge in [-0.1, -0.05) is 12.2 Å². The quantitative estimate of drug-likeness (QED) is 0.357. The third-order valence-electron chi connectivity index (χ3n) is 0.270. The van der Waals surface area contributed by atoms with Crippen molar-refractivity contribution >= 4 is 29.6 Å². The second-order valence-corrected chi connectivity index (χ2v) is 1.12. The number of aliphatic hydroxyl groups excluding tert-OH is 1. The first-order valence-corrected chi connectivity index (χ1v) is 1.52.